The van der Waals surface area contributed by atoms with E-state index in [1.54, 1.807) is 30.3 Å². The van der Waals surface area contributed by atoms with Gasteiger partial charge >= 0.3 is 0 Å². The molecule has 1 aromatic heterocycles. The van der Waals surface area contributed by atoms with Crippen LogP contribution >= 0.6 is 39.7 Å². The molecule has 0 radical (unpaired) electrons. The van der Waals surface area contributed by atoms with E-state index in [9.17, 15) is 4.79 Å². The van der Waals surface area contributed by atoms with E-state index in [0.29, 0.717) is 21.7 Å². The Balaban J connectivity index is 2.15. The summed E-state index contributed by atoms with van der Waals surface area (Å²) >= 11 is 14.4. The lowest BCUT2D eigenvalue weighted by atomic mass is 10.0. The quantitative estimate of drug-likeness (QED) is 0.416. The Morgan fingerprint density at radius 2 is 1.81 bits per heavy atom. The summed E-state index contributed by atoms with van der Waals surface area (Å²) in [5, 5.41) is 1.40. The predicted molar refractivity (Wildman–Crippen MR) is 89.6 cm³/mol. The van der Waals surface area contributed by atoms with Gasteiger partial charge in [0.2, 0.25) is 4.71 Å². The molecule has 0 unspecified atom stereocenters. The van der Waals surface area contributed by atoms with Gasteiger partial charge in [0, 0.05) is 20.4 Å². The molecule has 0 aliphatic heterocycles. The minimum absolute atomic E-state index is 0.178. The predicted octanol–water partition coefficient (Wildman–Crippen LogP) is 5.81. The maximum Gasteiger partial charge on any atom is 0.202 e. The summed E-state index contributed by atoms with van der Waals surface area (Å²) in [6.45, 7) is 0. The van der Waals surface area contributed by atoms with Gasteiger partial charge in [-0.2, -0.15) is 0 Å². The molecule has 0 saturated carbocycles. The van der Waals surface area contributed by atoms with E-state index in [0.717, 1.165) is 9.86 Å². The smallest absolute Gasteiger partial charge is 0.202 e. The molecule has 0 aliphatic carbocycles. The first-order valence-electron chi connectivity index (χ1n) is 6.08. The van der Waals surface area contributed by atoms with Gasteiger partial charge in [-0.15, -0.1) is 0 Å². The van der Waals surface area contributed by atoms with E-state index in [1.807, 2.05) is 18.2 Å². The van der Waals surface area contributed by atoms with Crippen LogP contribution in [-0.2, 0) is 0 Å². The van der Waals surface area contributed by atoms with Gasteiger partial charge in [-0.25, -0.2) is 0 Å². The lowest BCUT2D eigenvalue weighted by Crippen LogP contribution is -2.02. The highest BCUT2D eigenvalue weighted by molar-refractivity contribution is 9.10. The number of hydrogen-bond acceptors (Lipinski definition) is 3. The molecule has 0 aliphatic rings. The fraction of sp³-hybridized carbons (Fsp3) is 0. The molecule has 3 rings (SSSR count). The van der Waals surface area contributed by atoms with Crippen LogP contribution in [0.25, 0.3) is 11.0 Å². The molecule has 2 aromatic carbocycles. The van der Waals surface area contributed by atoms with E-state index < -0.39 is 0 Å². The highest BCUT2D eigenvalue weighted by atomic mass is 79.9. The summed E-state index contributed by atoms with van der Waals surface area (Å²) in [7, 11) is 0. The van der Waals surface area contributed by atoms with Crippen molar-refractivity contribution in [3.8, 4) is 0 Å². The van der Waals surface area contributed by atoms with Crippen molar-refractivity contribution in [1.82, 2.24) is 0 Å². The van der Waals surface area contributed by atoms with Crippen molar-refractivity contribution in [2.24, 2.45) is 0 Å². The Kier molecular flexibility index (Phi) is 3.93. The molecule has 0 spiro atoms. The molecule has 0 N–H and O–H groups in total. The summed E-state index contributed by atoms with van der Waals surface area (Å²) in [5.74, 6) is -0.178. The van der Waals surface area contributed by atoms with Gasteiger partial charge in [0.15, 0.2) is 5.78 Å². The third kappa shape index (κ3) is 2.93. The van der Waals surface area contributed by atoms with Crippen LogP contribution in [-0.4, -0.2) is 5.78 Å². The second-order valence-electron chi connectivity index (χ2n) is 4.47. The number of ketones is 1. The molecule has 3 aromatic rings. The summed E-state index contributed by atoms with van der Waals surface area (Å²) in [6.07, 6.45) is 0. The van der Waals surface area contributed by atoms with E-state index in [1.165, 1.54) is 0 Å². The Morgan fingerprint density at radius 3 is 2.52 bits per heavy atom. The summed E-state index contributed by atoms with van der Waals surface area (Å²) in [5.41, 5.74) is 1.55. The van der Waals surface area contributed by atoms with E-state index in [2.05, 4.69) is 15.9 Å². The van der Waals surface area contributed by atoms with Crippen LogP contribution in [0.1, 0.15) is 15.9 Å². The lowest BCUT2D eigenvalue weighted by Gasteiger charge is -2.04. The van der Waals surface area contributed by atoms with Gasteiger partial charge < -0.3 is 4.42 Å². The van der Waals surface area contributed by atoms with Crippen molar-refractivity contribution in [3.05, 3.63) is 73.9 Å². The van der Waals surface area contributed by atoms with Gasteiger partial charge in [-0.3, -0.25) is 4.79 Å². The highest BCUT2D eigenvalue weighted by Crippen LogP contribution is 2.24. The molecule has 0 saturated heterocycles. The Morgan fingerprint density at radius 1 is 1.10 bits per heavy atom. The lowest BCUT2D eigenvalue weighted by molar-refractivity contribution is 0.103. The van der Waals surface area contributed by atoms with Gasteiger partial charge in [0.25, 0.3) is 0 Å². The zero-order valence-corrected chi connectivity index (χ0v) is 13.8. The molecule has 1 heterocycles. The Labute approximate surface area is 139 Å². The number of benzene rings is 2. The number of carbonyl (C=O) groups excluding carboxylic acids is 1. The number of fused-ring (bicyclic) bond motifs is 1. The first-order valence-corrected chi connectivity index (χ1v) is 7.66. The standard InChI is InChI=1S/C16H8BrClO2S/c17-11-3-6-14-10(7-11)8-13(16(21)20-14)15(19)9-1-4-12(18)5-2-9/h1-8H. The monoisotopic (exact) mass is 378 g/mol. The van der Waals surface area contributed by atoms with Crippen molar-refractivity contribution in [2.45, 2.75) is 0 Å². The van der Waals surface area contributed by atoms with Crippen molar-refractivity contribution < 1.29 is 9.21 Å². The number of halogens is 2. The molecular formula is C16H8BrClO2S. The molecular weight excluding hydrogens is 372 g/mol. The average Bonchev–Trinajstić information content (AvgIpc) is 2.47. The third-order valence-electron chi connectivity index (χ3n) is 3.05. The zero-order valence-electron chi connectivity index (χ0n) is 10.6. The summed E-state index contributed by atoms with van der Waals surface area (Å²) < 4.78 is 6.66. The van der Waals surface area contributed by atoms with Crippen LogP contribution in [0.5, 0.6) is 0 Å². The van der Waals surface area contributed by atoms with Crippen molar-refractivity contribution in [2.75, 3.05) is 0 Å². The van der Waals surface area contributed by atoms with Crippen LogP contribution < -0.4 is 0 Å². The second kappa shape index (κ2) is 5.72. The molecule has 5 heteroatoms. The first kappa shape index (κ1) is 14.4. The van der Waals surface area contributed by atoms with E-state index >= 15 is 0 Å². The normalized spacial score (nSPS) is 10.8. The van der Waals surface area contributed by atoms with Gasteiger partial charge in [-0.05, 0) is 60.7 Å². The molecule has 2 nitrogen and oxygen atoms in total. The minimum Gasteiger partial charge on any atom is -0.444 e. The largest absolute Gasteiger partial charge is 0.444 e. The zero-order chi connectivity index (χ0) is 15.0. The van der Waals surface area contributed by atoms with Crippen LogP contribution in [0.15, 0.2) is 57.4 Å². The molecule has 21 heavy (non-hydrogen) atoms. The fourth-order valence-electron chi connectivity index (χ4n) is 2.01. The van der Waals surface area contributed by atoms with E-state index in [4.69, 9.17) is 28.2 Å². The Bertz CT molecular complexity index is 900. The molecule has 0 fully saturated rings. The van der Waals surface area contributed by atoms with Crippen LogP contribution in [0, 0.1) is 4.71 Å². The van der Waals surface area contributed by atoms with Crippen LogP contribution in [0.3, 0.4) is 0 Å². The van der Waals surface area contributed by atoms with Crippen molar-refractivity contribution >= 4 is 56.5 Å². The van der Waals surface area contributed by atoms with Gasteiger partial charge in [-0.1, -0.05) is 27.5 Å². The maximum atomic E-state index is 12.5. The maximum absolute atomic E-state index is 12.5. The van der Waals surface area contributed by atoms with Crippen molar-refractivity contribution in [1.29, 1.82) is 0 Å². The second-order valence-corrected chi connectivity index (χ2v) is 6.19. The summed E-state index contributed by atoms with van der Waals surface area (Å²) in [6, 6.07) is 14.0. The Hall–Kier alpha value is -1.49. The molecule has 104 valence electrons. The number of rotatable bonds is 2. The third-order valence-corrected chi connectivity index (χ3v) is 4.09. The molecule has 0 atom stereocenters. The van der Waals surface area contributed by atoms with Gasteiger partial charge in [0.05, 0.1) is 5.56 Å². The van der Waals surface area contributed by atoms with Crippen LogP contribution in [0.4, 0.5) is 0 Å². The van der Waals surface area contributed by atoms with E-state index in [-0.39, 0.29) is 10.5 Å². The minimum atomic E-state index is -0.178. The topological polar surface area (TPSA) is 30.2 Å². The summed E-state index contributed by atoms with van der Waals surface area (Å²) in [4.78, 5) is 12.5. The number of hydrogen-bond donors (Lipinski definition) is 0. The molecule has 0 amide bonds. The first-order chi connectivity index (χ1) is 10.0. The van der Waals surface area contributed by atoms with Crippen molar-refractivity contribution in [3.63, 3.8) is 0 Å². The molecule has 0 bridgehead atoms. The fourth-order valence-corrected chi connectivity index (χ4v) is 2.76. The highest BCUT2D eigenvalue weighted by Gasteiger charge is 2.13. The number of carbonyl (C=O) groups is 1. The van der Waals surface area contributed by atoms with Gasteiger partial charge in [0.1, 0.15) is 5.58 Å². The SMILES string of the molecule is O=C(c1ccc(Cl)cc1)c1cc2cc(Br)ccc2oc1=S. The average molecular weight is 380 g/mol. The van der Waals surface area contributed by atoms with Crippen LogP contribution in [0.2, 0.25) is 5.02 Å².